The number of rotatable bonds is 8. The van der Waals surface area contributed by atoms with Gasteiger partial charge in [-0.05, 0) is 53.4 Å². The molecular formula is C28H27BrFN5O2S. The molecule has 1 amide bonds. The number of nitrogens with zero attached hydrogens (tertiary/aromatic N) is 4. The Balaban J connectivity index is 1.55. The first-order chi connectivity index (χ1) is 18.2. The minimum absolute atomic E-state index is 0.0296. The molecule has 0 aliphatic rings. The molecule has 1 aromatic heterocycles. The van der Waals surface area contributed by atoms with Crippen LogP contribution in [0, 0.1) is 5.82 Å². The number of nitrogens with one attached hydrogen (secondary N) is 1. The van der Waals surface area contributed by atoms with E-state index in [-0.39, 0.29) is 22.6 Å². The third-order valence-electron chi connectivity index (χ3n) is 5.66. The average Bonchev–Trinajstić information content (AvgIpc) is 3.33. The first-order valence-corrected chi connectivity index (χ1v) is 13.5. The first-order valence-electron chi connectivity index (χ1n) is 11.8. The predicted molar refractivity (Wildman–Crippen MR) is 153 cm³/mol. The number of ether oxygens (including phenoxy) is 1. The Morgan fingerprint density at radius 2 is 1.82 bits per heavy atom. The lowest BCUT2D eigenvalue weighted by Gasteiger charge is -2.19. The SMILES string of the molecule is COc1ccc(-n2c(SCC(=O)N/N=C\c3cc(Br)ccc3F)nnc2-c2ccc(C(C)(C)C)cc2)cc1. The van der Waals surface area contributed by atoms with Gasteiger partial charge < -0.3 is 4.74 Å². The van der Waals surface area contributed by atoms with Crippen molar-refractivity contribution >= 4 is 39.8 Å². The second kappa shape index (κ2) is 11.9. The Bertz CT molecular complexity index is 1450. The van der Waals surface area contributed by atoms with Crippen LogP contribution in [0.3, 0.4) is 0 Å². The molecule has 0 saturated heterocycles. The fourth-order valence-electron chi connectivity index (χ4n) is 3.58. The van der Waals surface area contributed by atoms with E-state index >= 15 is 0 Å². The van der Waals surface area contributed by atoms with Gasteiger partial charge in [0.1, 0.15) is 11.6 Å². The molecule has 4 rings (SSSR count). The van der Waals surface area contributed by atoms with Gasteiger partial charge in [0.25, 0.3) is 5.91 Å². The quantitative estimate of drug-likeness (QED) is 0.145. The van der Waals surface area contributed by atoms with Crippen LogP contribution in [-0.2, 0) is 10.2 Å². The van der Waals surface area contributed by atoms with Crippen molar-refractivity contribution in [1.29, 1.82) is 0 Å². The largest absolute Gasteiger partial charge is 0.497 e. The van der Waals surface area contributed by atoms with E-state index in [9.17, 15) is 9.18 Å². The molecule has 0 radical (unpaired) electrons. The molecule has 38 heavy (non-hydrogen) atoms. The number of methoxy groups -OCH3 is 1. The number of hydrogen-bond donors (Lipinski definition) is 1. The fourth-order valence-corrected chi connectivity index (χ4v) is 4.71. The van der Waals surface area contributed by atoms with Crippen LogP contribution in [0.5, 0.6) is 5.75 Å². The number of halogens is 2. The van der Waals surface area contributed by atoms with Crippen LogP contribution in [-0.4, -0.2) is 39.7 Å². The summed E-state index contributed by atoms with van der Waals surface area (Å²) >= 11 is 4.52. The zero-order valence-electron chi connectivity index (χ0n) is 21.4. The topological polar surface area (TPSA) is 81.4 Å². The first kappa shape index (κ1) is 27.5. The minimum Gasteiger partial charge on any atom is -0.497 e. The summed E-state index contributed by atoms with van der Waals surface area (Å²) in [6, 6.07) is 20.3. The van der Waals surface area contributed by atoms with E-state index in [0.29, 0.717) is 15.5 Å². The van der Waals surface area contributed by atoms with Gasteiger partial charge >= 0.3 is 0 Å². The molecule has 10 heteroatoms. The number of thioether (sulfide) groups is 1. The summed E-state index contributed by atoms with van der Waals surface area (Å²) in [6.45, 7) is 6.50. The highest BCUT2D eigenvalue weighted by molar-refractivity contribution is 9.10. The number of hydrazone groups is 1. The van der Waals surface area contributed by atoms with Gasteiger partial charge in [0.15, 0.2) is 11.0 Å². The van der Waals surface area contributed by atoms with E-state index in [2.05, 4.69) is 69.6 Å². The molecular weight excluding hydrogens is 569 g/mol. The summed E-state index contributed by atoms with van der Waals surface area (Å²) in [5.74, 6) is 0.626. The van der Waals surface area contributed by atoms with Gasteiger partial charge in [-0.25, -0.2) is 9.82 Å². The van der Waals surface area contributed by atoms with Crippen LogP contribution in [0.2, 0.25) is 0 Å². The van der Waals surface area contributed by atoms with Crippen molar-refractivity contribution in [2.45, 2.75) is 31.3 Å². The minimum atomic E-state index is -0.434. The molecule has 0 saturated carbocycles. The van der Waals surface area contributed by atoms with Crippen molar-refractivity contribution in [2.24, 2.45) is 5.10 Å². The van der Waals surface area contributed by atoms with Crippen molar-refractivity contribution in [3.05, 3.63) is 88.1 Å². The van der Waals surface area contributed by atoms with Crippen molar-refractivity contribution in [1.82, 2.24) is 20.2 Å². The molecule has 4 aromatic rings. The summed E-state index contributed by atoms with van der Waals surface area (Å²) in [7, 11) is 1.61. The molecule has 0 fully saturated rings. The number of carbonyl (C=O) groups is 1. The molecule has 0 aliphatic heterocycles. The van der Waals surface area contributed by atoms with Crippen LogP contribution in [0.15, 0.2) is 81.5 Å². The van der Waals surface area contributed by atoms with E-state index in [0.717, 1.165) is 17.0 Å². The molecule has 0 bridgehead atoms. The Hall–Kier alpha value is -3.50. The zero-order valence-corrected chi connectivity index (χ0v) is 23.8. The molecule has 0 unspecified atom stereocenters. The Kier molecular flexibility index (Phi) is 8.63. The molecule has 196 valence electrons. The highest BCUT2D eigenvalue weighted by atomic mass is 79.9. The molecule has 0 atom stereocenters. The van der Waals surface area contributed by atoms with Crippen LogP contribution in [0.25, 0.3) is 17.1 Å². The van der Waals surface area contributed by atoms with E-state index < -0.39 is 5.82 Å². The normalized spacial score (nSPS) is 11.6. The van der Waals surface area contributed by atoms with Crippen LogP contribution >= 0.6 is 27.7 Å². The van der Waals surface area contributed by atoms with Crippen LogP contribution < -0.4 is 10.2 Å². The van der Waals surface area contributed by atoms with Crippen LogP contribution in [0.4, 0.5) is 4.39 Å². The molecule has 3 aromatic carbocycles. The van der Waals surface area contributed by atoms with Gasteiger partial charge in [0, 0.05) is 21.3 Å². The Labute approximate surface area is 233 Å². The lowest BCUT2D eigenvalue weighted by Crippen LogP contribution is -2.20. The van der Waals surface area contributed by atoms with E-state index in [4.69, 9.17) is 4.74 Å². The van der Waals surface area contributed by atoms with Crippen molar-refractivity contribution in [2.75, 3.05) is 12.9 Å². The van der Waals surface area contributed by atoms with Gasteiger partial charge in [-0.2, -0.15) is 5.10 Å². The maximum absolute atomic E-state index is 13.9. The third kappa shape index (κ3) is 6.68. The standard InChI is InChI=1S/C28H27BrFN5O2S/c1-28(2,3)20-7-5-18(6-8-20)26-33-34-27(35(26)22-10-12-23(37-4)13-11-22)38-17-25(36)32-31-16-19-15-21(29)9-14-24(19)30/h5-16H,17H2,1-4H3,(H,32,36)/b31-16-. The Morgan fingerprint density at radius 3 is 2.47 bits per heavy atom. The van der Waals surface area contributed by atoms with Gasteiger partial charge in [0.2, 0.25) is 0 Å². The van der Waals surface area contributed by atoms with Crippen molar-refractivity contribution in [3.8, 4) is 22.8 Å². The van der Waals surface area contributed by atoms with Gasteiger partial charge in [0.05, 0.1) is 19.1 Å². The highest BCUT2D eigenvalue weighted by Crippen LogP contribution is 2.30. The lowest BCUT2D eigenvalue weighted by atomic mass is 9.87. The summed E-state index contributed by atoms with van der Waals surface area (Å²) in [4.78, 5) is 12.5. The van der Waals surface area contributed by atoms with E-state index in [1.807, 2.05) is 41.0 Å². The fraction of sp³-hybridized carbons (Fsp3) is 0.214. The maximum atomic E-state index is 13.9. The summed E-state index contributed by atoms with van der Waals surface area (Å²) in [6.07, 6.45) is 1.27. The maximum Gasteiger partial charge on any atom is 0.250 e. The monoisotopic (exact) mass is 595 g/mol. The van der Waals surface area contributed by atoms with Crippen molar-refractivity contribution in [3.63, 3.8) is 0 Å². The number of amides is 1. The number of carbonyl (C=O) groups excluding carboxylic acids is 1. The molecule has 1 N–H and O–H groups in total. The second-order valence-electron chi connectivity index (χ2n) is 9.41. The highest BCUT2D eigenvalue weighted by Gasteiger charge is 2.19. The molecule has 0 spiro atoms. The van der Waals surface area contributed by atoms with E-state index in [1.54, 1.807) is 19.2 Å². The second-order valence-corrected chi connectivity index (χ2v) is 11.3. The van der Waals surface area contributed by atoms with Crippen molar-refractivity contribution < 1.29 is 13.9 Å². The van der Waals surface area contributed by atoms with E-state index in [1.165, 1.54) is 29.6 Å². The Morgan fingerprint density at radius 1 is 1.11 bits per heavy atom. The smallest absolute Gasteiger partial charge is 0.250 e. The lowest BCUT2D eigenvalue weighted by molar-refractivity contribution is -0.118. The molecule has 7 nitrogen and oxygen atoms in total. The third-order valence-corrected chi connectivity index (χ3v) is 7.08. The molecule has 0 aliphatic carbocycles. The number of hydrogen-bond acceptors (Lipinski definition) is 6. The van der Waals surface area contributed by atoms with Gasteiger partial charge in [-0.3, -0.25) is 9.36 Å². The number of benzene rings is 3. The number of aromatic nitrogens is 3. The summed E-state index contributed by atoms with van der Waals surface area (Å²) in [5.41, 5.74) is 5.67. The average molecular weight is 597 g/mol. The summed E-state index contributed by atoms with van der Waals surface area (Å²) in [5, 5.41) is 13.2. The molecule has 1 heterocycles. The van der Waals surface area contributed by atoms with Crippen LogP contribution in [0.1, 0.15) is 31.9 Å². The van der Waals surface area contributed by atoms with Gasteiger partial charge in [-0.15, -0.1) is 10.2 Å². The van der Waals surface area contributed by atoms with Gasteiger partial charge in [-0.1, -0.05) is 72.7 Å². The zero-order chi connectivity index (χ0) is 27.3. The summed E-state index contributed by atoms with van der Waals surface area (Å²) < 4.78 is 21.8. The predicted octanol–water partition coefficient (Wildman–Crippen LogP) is 6.38.